The number of rotatable bonds is 11. The fraction of sp³-hybridized carbons (Fsp3) is 0.308. The van der Waals surface area contributed by atoms with Crippen LogP contribution in [0.3, 0.4) is 0 Å². The predicted octanol–water partition coefficient (Wildman–Crippen LogP) is 6.53. The van der Waals surface area contributed by atoms with Gasteiger partial charge in [-0.2, -0.15) is 5.06 Å². The van der Waals surface area contributed by atoms with Crippen molar-refractivity contribution in [1.29, 1.82) is 0 Å². The van der Waals surface area contributed by atoms with Gasteiger partial charge in [-0.1, -0.05) is 17.7 Å². The molecule has 0 bridgehead atoms. The molecule has 194 valence electrons. The molecule has 0 unspecified atom stereocenters. The van der Waals surface area contributed by atoms with Crippen molar-refractivity contribution in [2.24, 2.45) is 0 Å². The molecule has 0 spiro atoms. The summed E-state index contributed by atoms with van der Waals surface area (Å²) in [6.07, 6.45) is 1.88. The molecular formula is C26H28ClF3N2O3S. The van der Waals surface area contributed by atoms with Gasteiger partial charge >= 0.3 is 0 Å². The first kappa shape index (κ1) is 28.0. The molecule has 0 saturated carbocycles. The smallest absolute Gasteiger partial charge is 0.264 e. The maximum absolute atomic E-state index is 15.0. The van der Waals surface area contributed by atoms with Crippen molar-refractivity contribution in [3.05, 3.63) is 94.3 Å². The summed E-state index contributed by atoms with van der Waals surface area (Å²) in [4.78, 5) is 4.95. The number of hydroxylamine groups is 2. The molecule has 3 rings (SSSR count). The number of hydrogen-bond acceptors (Lipinski definition) is 4. The molecule has 0 fully saturated rings. The van der Waals surface area contributed by atoms with Crippen LogP contribution in [0.5, 0.6) is 0 Å². The molecule has 36 heavy (non-hydrogen) atoms. The average molecular weight is 541 g/mol. The maximum Gasteiger partial charge on any atom is 0.264 e. The quantitative estimate of drug-likeness (QED) is 0.205. The van der Waals surface area contributed by atoms with E-state index in [1.54, 1.807) is 26.1 Å². The van der Waals surface area contributed by atoms with Gasteiger partial charge in [-0.25, -0.2) is 21.6 Å². The monoisotopic (exact) mass is 540 g/mol. The van der Waals surface area contributed by atoms with Crippen LogP contribution in [0.1, 0.15) is 36.9 Å². The minimum Gasteiger partial charge on any atom is -0.303 e. The fourth-order valence-electron chi connectivity index (χ4n) is 3.99. The first-order chi connectivity index (χ1) is 17.0. The third kappa shape index (κ3) is 6.59. The first-order valence-corrected chi connectivity index (χ1v) is 13.1. The average Bonchev–Trinajstić information content (AvgIpc) is 2.84. The summed E-state index contributed by atoms with van der Waals surface area (Å²) in [6, 6.07) is 11.1. The van der Waals surface area contributed by atoms with Crippen molar-refractivity contribution < 1.29 is 26.4 Å². The van der Waals surface area contributed by atoms with Crippen molar-refractivity contribution in [2.45, 2.75) is 37.1 Å². The number of hydrogen-bond donors (Lipinski definition) is 0. The number of sulfonamides is 1. The lowest BCUT2D eigenvalue weighted by Gasteiger charge is -2.32. The zero-order valence-electron chi connectivity index (χ0n) is 20.2. The van der Waals surface area contributed by atoms with Gasteiger partial charge in [-0.3, -0.25) is 4.31 Å². The molecule has 0 amide bonds. The van der Waals surface area contributed by atoms with Gasteiger partial charge in [0.15, 0.2) is 0 Å². The van der Waals surface area contributed by atoms with E-state index >= 15 is 0 Å². The standard InChI is InChI=1S/C26H28ClF3N2O3S/c1-18(24-13-9-21(28)16-19(24)6-4-5-15-31(2)35-3)32(26-17-22(29)10-14-25(26)30)36(33,34)23-11-7-20(27)8-12-23/h7-14,16-18H,4-6,15H2,1-3H3/t18-/m1/s1. The third-order valence-corrected chi connectivity index (χ3v) is 8.05. The Morgan fingerprint density at radius 1 is 0.944 bits per heavy atom. The molecule has 10 heteroatoms. The summed E-state index contributed by atoms with van der Waals surface area (Å²) < 4.78 is 71.7. The molecule has 0 aliphatic heterocycles. The van der Waals surface area contributed by atoms with E-state index in [1.807, 2.05) is 0 Å². The van der Waals surface area contributed by atoms with Gasteiger partial charge in [0.25, 0.3) is 10.0 Å². The Morgan fingerprint density at radius 3 is 2.25 bits per heavy atom. The van der Waals surface area contributed by atoms with E-state index in [0.29, 0.717) is 35.5 Å². The summed E-state index contributed by atoms with van der Waals surface area (Å²) in [5, 5.41) is 1.99. The van der Waals surface area contributed by atoms with E-state index in [2.05, 4.69) is 0 Å². The number of unbranched alkanes of at least 4 members (excludes halogenated alkanes) is 1. The molecule has 0 heterocycles. The Balaban J connectivity index is 2.07. The zero-order valence-corrected chi connectivity index (χ0v) is 21.8. The molecule has 0 aromatic heterocycles. The first-order valence-electron chi connectivity index (χ1n) is 11.3. The van der Waals surface area contributed by atoms with Gasteiger partial charge in [-0.05, 0) is 85.8 Å². The van der Waals surface area contributed by atoms with Crippen molar-refractivity contribution in [3.63, 3.8) is 0 Å². The van der Waals surface area contributed by atoms with Crippen LogP contribution >= 0.6 is 11.6 Å². The fourth-order valence-corrected chi connectivity index (χ4v) is 5.75. The molecule has 3 aromatic carbocycles. The van der Waals surface area contributed by atoms with Crippen LogP contribution < -0.4 is 4.31 Å². The molecule has 0 aliphatic carbocycles. The Kier molecular flexibility index (Phi) is 9.41. The number of anilines is 1. The number of aryl methyl sites for hydroxylation is 1. The van der Waals surface area contributed by atoms with E-state index < -0.39 is 39.2 Å². The lowest BCUT2D eigenvalue weighted by atomic mass is 9.96. The highest BCUT2D eigenvalue weighted by molar-refractivity contribution is 7.92. The topological polar surface area (TPSA) is 49.9 Å². The second-order valence-corrected chi connectivity index (χ2v) is 10.6. The van der Waals surface area contributed by atoms with Crippen LogP contribution in [-0.4, -0.2) is 34.2 Å². The highest BCUT2D eigenvalue weighted by Gasteiger charge is 2.33. The number of benzene rings is 3. The predicted molar refractivity (Wildman–Crippen MR) is 135 cm³/mol. The Bertz CT molecular complexity index is 1290. The third-order valence-electron chi connectivity index (χ3n) is 5.90. The summed E-state index contributed by atoms with van der Waals surface area (Å²) >= 11 is 5.92. The largest absolute Gasteiger partial charge is 0.303 e. The van der Waals surface area contributed by atoms with E-state index in [4.69, 9.17) is 16.4 Å². The summed E-state index contributed by atoms with van der Waals surface area (Å²) in [5.41, 5.74) is 0.614. The number of nitrogens with zero attached hydrogens (tertiary/aromatic N) is 2. The summed E-state index contributed by atoms with van der Waals surface area (Å²) in [7, 11) is -1.02. The minimum atomic E-state index is -4.37. The van der Waals surface area contributed by atoms with Gasteiger partial charge in [0, 0.05) is 24.7 Å². The van der Waals surface area contributed by atoms with Crippen LogP contribution in [-0.2, 0) is 21.3 Å². The Labute approximate surface area is 215 Å². The minimum absolute atomic E-state index is 0.145. The van der Waals surface area contributed by atoms with Crippen LogP contribution in [0.2, 0.25) is 5.02 Å². The Hall–Kier alpha value is -2.59. The molecule has 1 atom stereocenters. The highest BCUT2D eigenvalue weighted by Crippen LogP contribution is 2.37. The Morgan fingerprint density at radius 2 is 1.58 bits per heavy atom. The van der Waals surface area contributed by atoms with Crippen LogP contribution in [0.25, 0.3) is 0 Å². The molecule has 0 radical (unpaired) electrons. The van der Waals surface area contributed by atoms with Gasteiger partial charge < -0.3 is 4.84 Å². The second-order valence-electron chi connectivity index (χ2n) is 8.36. The number of halogens is 4. The normalized spacial score (nSPS) is 12.7. The SMILES string of the molecule is CON(C)CCCCc1cc(F)ccc1[C@@H](C)N(c1cc(F)ccc1F)S(=O)(=O)c1ccc(Cl)cc1. The van der Waals surface area contributed by atoms with Gasteiger partial charge in [0.05, 0.1) is 23.7 Å². The van der Waals surface area contributed by atoms with E-state index in [-0.39, 0.29) is 4.90 Å². The lowest BCUT2D eigenvalue weighted by molar-refractivity contribution is -0.109. The van der Waals surface area contributed by atoms with Crippen molar-refractivity contribution in [1.82, 2.24) is 5.06 Å². The summed E-state index contributed by atoms with van der Waals surface area (Å²) in [5.74, 6) is -2.18. The molecule has 3 aromatic rings. The van der Waals surface area contributed by atoms with Crippen LogP contribution in [0.4, 0.5) is 18.9 Å². The second kappa shape index (κ2) is 12.1. The van der Waals surface area contributed by atoms with Crippen molar-refractivity contribution in [3.8, 4) is 0 Å². The maximum atomic E-state index is 15.0. The molecular weight excluding hydrogens is 513 g/mol. The van der Waals surface area contributed by atoms with Gasteiger partial charge in [0.1, 0.15) is 17.5 Å². The van der Waals surface area contributed by atoms with E-state index in [1.165, 1.54) is 42.5 Å². The van der Waals surface area contributed by atoms with Gasteiger partial charge in [-0.15, -0.1) is 0 Å². The van der Waals surface area contributed by atoms with Crippen LogP contribution in [0, 0.1) is 17.5 Å². The van der Waals surface area contributed by atoms with Crippen LogP contribution in [0.15, 0.2) is 65.6 Å². The molecule has 5 nitrogen and oxygen atoms in total. The van der Waals surface area contributed by atoms with Crippen molar-refractivity contribution in [2.75, 3.05) is 25.0 Å². The van der Waals surface area contributed by atoms with E-state index in [0.717, 1.165) is 28.9 Å². The molecule has 0 N–H and O–H groups in total. The lowest BCUT2D eigenvalue weighted by Crippen LogP contribution is -2.35. The van der Waals surface area contributed by atoms with E-state index in [9.17, 15) is 21.6 Å². The molecule has 0 aliphatic rings. The molecule has 0 saturated heterocycles. The zero-order chi connectivity index (χ0) is 26.5. The van der Waals surface area contributed by atoms with Gasteiger partial charge in [0.2, 0.25) is 0 Å². The highest BCUT2D eigenvalue weighted by atomic mass is 35.5. The van der Waals surface area contributed by atoms with Crippen molar-refractivity contribution >= 4 is 27.3 Å². The summed E-state index contributed by atoms with van der Waals surface area (Å²) in [6.45, 7) is 2.22.